The van der Waals surface area contributed by atoms with E-state index in [1.807, 2.05) is 12.1 Å². The summed E-state index contributed by atoms with van der Waals surface area (Å²) in [5, 5.41) is 9.12. The van der Waals surface area contributed by atoms with Gasteiger partial charge in [0.05, 0.1) is 6.54 Å². The Hall–Kier alpha value is -0.320. The first-order valence-electron chi connectivity index (χ1n) is 5.35. The van der Waals surface area contributed by atoms with Crippen LogP contribution in [0.2, 0.25) is 0 Å². The fraction of sp³-hybridized carbons (Fsp3) is 0.636. The number of furan rings is 1. The summed E-state index contributed by atoms with van der Waals surface area (Å²) in [6.45, 7) is 3.24. The molecule has 0 saturated carbocycles. The Labute approximate surface area is 98.2 Å². The predicted octanol–water partition coefficient (Wildman–Crippen LogP) is 2.25. The van der Waals surface area contributed by atoms with Crippen molar-refractivity contribution in [3.05, 3.63) is 22.6 Å². The van der Waals surface area contributed by atoms with Crippen molar-refractivity contribution in [3.63, 3.8) is 0 Å². The van der Waals surface area contributed by atoms with Crippen molar-refractivity contribution in [2.75, 3.05) is 19.7 Å². The van der Waals surface area contributed by atoms with Gasteiger partial charge in [0.2, 0.25) is 0 Å². The highest BCUT2D eigenvalue weighted by molar-refractivity contribution is 9.10. The van der Waals surface area contributed by atoms with Crippen LogP contribution in [0.5, 0.6) is 0 Å². The lowest BCUT2D eigenvalue weighted by atomic mass is 9.99. The first kappa shape index (κ1) is 11.2. The van der Waals surface area contributed by atoms with Gasteiger partial charge in [-0.15, -0.1) is 0 Å². The highest BCUT2D eigenvalue weighted by Gasteiger charge is 2.19. The molecular formula is C11H16BrNO2. The van der Waals surface area contributed by atoms with Crippen molar-refractivity contribution in [2.24, 2.45) is 5.92 Å². The summed E-state index contributed by atoms with van der Waals surface area (Å²) >= 11 is 3.30. The summed E-state index contributed by atoms with van der Waals surface area (Å²) in [7, 11) is 0. The predicted molar refractivity (Wildman–Crippen MR) is 61.5 cm³/mol. The molecule has 1 aliphatic heterocycles. The van der Waals surface area contributed by atoms with Gasteiger partial charge in [-0.2, -0.15) is 0 Å². The van der Waals surface area contributed by atoms with Gasteiger partial charge in [-0.1, -0.05) is 0 Å². The van der Waals surface area contributed by atoms with Crippen LogP contribution >= 0.6 is 15.9 Å². The average molecular weight is 274 g/mol. The number of nitrogens with zero attached hydrogens (tertiary/aromatic N) is 1. The van der Waals surface area contributed by atoms with Crippen molar-refractivity contribution in [1.82, 2.24) is 4.90 Å². The zero-order valence-corrected chi connectivity index (χ0v) is 10.2. The Balaban J connectivity index is 1.88. The monoisotopic (exact) mass is 273 g/mol. The number of rotatable bonds is 3. The molecule has 0 bridgehead atoms. The molecule has 0 aliphatic carbocycles. The Morgan fingerprint density at radius 3 is 3.07 bits per heavy atom. The maximum absolute atomic E-state index is 9.12. The van der Waals surface area contributed by atoms with E-state index in [0.29, 0.717) is 12.5 Å². The summed E-state index contributed by atoms with van der Waals surface area (Å²) in [6.07, 6.45) is 2.32. The second kappa shape index (κ2) is 5.14. The molecule has 3 nitrogen and oxygen atoms in total. The molecule has 1 aromatic heterocycles. The molecule has 0 aromatic carbocycles. The summed E-state index contributed by atoms with van der Waals surface area (Å²) in [5.41, 5.74) is 0. The van der Waals surface area contributed by atoms with Crippen LogP contribution in [0, 0.1) is 5.92 Å². The van der Waals surface area contributed by atoms with E-state index >= 15 is 0 Å². The topological polar surface area (TPSA) is 36.6 Å². The minimum atomic E-state index is 0.304. The van der Waals surface area contributed by atoms with Gasteiger partial charge < -0.3 is 9.52 Å². The Bertz CT molecular complexity index is 313. The van der Waals surface area contributed by atoms with Crippen molar-refractivity contribution in [3.8, 4) is 0 Å². The second-order valence-electron chi connectivity index (χ2n) is 4.13. The van der Waals surface area contributed by atoms with Crippen LogP contribution < -0.4 is 0 Å². The molecule has 1 saturated heterocycles. The number of hydrogen-bond donors (Lipinski definition) is 1. The van der Waals surface area contributed by atoms with Crippen LogP contribution in [-0.4, -0.2) is 29.7 Å². The lowest BCUT2D eigenvalue weighted by Gasteiger charge is -2.30. The average Bonchev–Trinajstić information content (AvgIpc) is 2.64. The van der Waals surface area contributed by atoms with Gasteiger partial charge in [-0.25, -0.2) is 0 Å². The van der Waals surface area contributed by atoms with Gasteiger partial charge in [0.1, 0.15) is 5.76 Å². The van der Waals surface area contributed by atoms with Crippen LogP contribution in [0.1, 0.15) is 18.6 Å². The molecule has 1 aliphatic rings. The first-order valence-corrected chi connectivity index (χ1v) is 6.14. The molecular weight excluding hydrogens is 258 g/mol. The highest BCUT2D eigenvalue weighted by Crippen LogP contribution is 2.20. The second-order valence-corrected chi connectivity index (χ2v) is 4.91. The van der Waals surface area contributed by atoms with E-state index in [9.17, 15) is 0 Å². The van der Waals surface area contributed by atoms with Crippen LogP contribution in [0.25, 0.3) is 0 Å². The van der Waals surface area contributed by atoms with E-state index in [2.05, 4.69) is 20.8 Å². The van der Waals surface area contributed by atoms with Gasteiger partial charge in [0, 0.05) is 13.2 Å². The largest absolute Gasteiger partial charge is 0.453 e. The molecule has 15 heavy (non-hydrogen) atoms. The third-order valence-electron chi connectivity index (χ3n) is 2.87. The Kier molecular flexibility index (Phi) is 3.83. The quantitative estimate of drug-likeness (QED) is 0.918. The van der Waals surface area contributed by atoms with Crippen molar-refractivity contribution in [2.45, 2.75) is 19.4 Å². The van der Waals surface area contributed by atoms with E-state index in [-0.39, 0.29) is 0 Å². The maximum atomic E-state index is 9.12. The minimum absolute atomic E-state index is 0.304. The SMILES string of the molecule is OC[C@H]1CCCN(Cc2ccc(Br)o2)C1. The summed E-state index contributed by atoms with van der Waals surface area (Å²) in [4.78, 5) is 2.34. The van der Waals surface area contributed by atoms with Crippen molar-refractivity contribution in [1.29, 1.82) is 0 Å². The summed E-state index contributed by atoms with van der Waals surface area (Å²) in [6, 6.07) is 3.91. The third-order valence-corrected chi connectivity index (χ3v) is 3.30. The molecule has 0 radical (unpaired) electrons. The lowest BCUT2D eigenvalue weighted by molar-refractivity contribution is 0.110. The number of aliphatic hydroxyl groups is 1. The Morgan fingerprint density at radius 2 is 2.40 bits per heavy atom. The van der Waals surface area contributed by atoms with Gasteiger partial charge >= 0.3 is 0 Å². The van der Waals surface area contributed by atoms with Gasteiger partial charge in [0.15, 0.2) is 4.67 Å². The number of likely N-dealkylation sites (tertiary alicyclic amines) is 1. The van der Waals surface area contributed by atoms with Crippen LogP contribution in [0.15, 0.2) is 21.2 Å². The zero-order valence-electron chi connectivity index (χ0n) is 8.66. The van der Waals surface area contributed by atoms with Crippen LogP contribution in [0.4, 0.5) is 0 Å². The van der Waals surface area contributed by atoms with E-state index in [1.165, 1.54) is 6.42 Å². The molecule has 84 valence electrons. The van der Waals surface area contributed by atoms with Crippen molar-refractivity contribution >= 4 is 15.9 Å². The Morgan fingerprint density at radius 1 is 1.53 bits per heavy atom. The molecule has 2 rings (SSSR count). The molecule has 1 fully saturated rings. The van der Waals surface area contributed by atoms with E-state index < -0.39 is 0 Å². The van der Waals surface area contributed by atoms with E-state index in [1.54, 1.807) is 0 Å². The molecule has 0 amide bonds. The molecule has 0 unspecified atom stereocenters. The van der Waals surface area contributed by atoms with E-state index in [0.717, 1.165) is 36.5 Å². The third kappa shape index (κ3) is 3.06. The fourth-order valence-electron chi connectivity index (χ4n) is 2.10. The van der Waals surface area contributed by atoms with Gasteiger partial charge in [-0.3, -0.25) is 4.90 Å². The molecule has 4 heteroatoms. The zero-order chi connectivity index (χ0) is 10.7. The standard InChI is InChI=1S/C11H16BrNO2/c12-11-4-3-10(15-11)7-13-5-1-2-9(6-13)8-14/h3-4,9,14H,1-2,5-8H2/t9-/m0/s1. The van der Waals surface area contributed by atoms with Gasteiger partial charge in [-0.05, 0) is 53.4 Å². The number of hydrogen-bond acceptors (Lipinski definition) is 3. The van der Waals surface area contributed by atoms with Crippen LogP contribution in [0.3, 0.4) is 0 Å². The molecule has 1 N–H and O–H groups in total. The molecule has 0 spiro atoms. The molecule has 2 heterocycles. The van der Waals surface area contributed by atoms with Crippen LogP contribution in [-0.2, 0) is 6.54 Å². The smallest absolute Gasteiger partial charge is 0.169 e. The van der Waals surface area contributed by atoms with E-state index in [4.69, 9.17) is 9.52 Å². The first-order chi connectivity index (χ1) is 7.28. The molecule has 1 atom stereocenters. The minimum Gasteiger partial charge on any atom is -0.453 e. The highest BCUT2D eigenvalue weighted by atomic mass is 79.9. The normalized spacial score (nSPS) is 23.2. The van der Waals surface area contributed by atoms with Crippen molar-refractivity contribution < 1.29 is 9.52 Å². The number of aliphatic hydroxyl groups excluding tert-OH is 1. The summed E-state index contributed by atoms with van der Waals surface area (Å²) in [5.74, 6) is 1.43. The lowest BCUT2D eigenvalue weighted by Crippen LogP contribution is -2.36. The molecule has 1 aromatic rings. The fourth-order valence-corrected chi connectivity index (χ4v) is 2.44. The summed E-state index contributed by atoms with van der Waals surface area (Å²) < 4.78 is 6.25. The number of piperidine rings is 1. The number of halogens is 1. The maximum Gasteiger partial charge on any atom is 0.169 e. The van der Waals surface area contributed by atoms with Gasteiger partial charge in [0.25, 0.3) is 0 Å².